The highest BCUT2D eigenvalue weighted by Crippen LogP contribution is 2.56. The van der Waals surface area contributed by atoms with Crippen LogP contribution in [0.3, 0.4) is 0 Å². The van der Waals surface area contributed by atoms with Gasteiger partial charge in [0, 0.05) is 29.0 Å². The molecule has 0 atom stereocenters. The first-order valence-corrected chi connectivity index (χ1v) is 10.9. The zero-order valence-corrected chi connectivity index (χ0v) is 17.1. The first-order chi connectivity index (χ1) is 13.7. The van der Waals surface area contributed by atoms with Crippen LogP contribution in [0.5, 0.6) is 11.5 Å². The molecule has 0 saturated heterocycles. The van der Waals surface area contributed by atoms with Gasteiger partial charge in [0.1, 0.15) is 11.5 Å². The van der Waals surface area contributed by atoms with E-state index in [4.69, 9.17) is 9.47 Å². The summed E-state index contributed by atoms with van der Waals surface area (Å²) in [6.07, 6.45) is 9.01. The molecule has 2 aliphatic carbocycles. The van der Waals surface area contributed by atoms with Crippen molar-refractivity contribution in [2.75, 3.05) is 25.6 Å². The van der Waals surface area contributed by atoms with Crippen LogP contribution in [-0.2, 0) is 17.3 Å². The van der Waals surface area contributed by atoms with Gasteiger partial charge in [0.05, 0.1) is 18.9 Å². The third-order valence-corrected chi connectivity index (χ3v) is 7.39. The molecule has 1 N–H and O–H groups in total. The summed E-state index contributed by atoms with van der Waals surface area (Å²) >= 11 is 0. The number of hydrogen-bond donors (Lipinski definition) is 1. The lowest BCUT2D eigenvalue weighted by Gasteiger charge is -2.36. The highest BCUT2D eigenvalue weighted by Gasteiger charge is 2.48. The van der Waals surface area contributed by atoms with Crippen molar-refractivity contribution >= 4 is 5.69 Å². The van der Waals surface area contributed by atoms with Crippen molar-refractivity contribution in [3.63, 3.8) is 0 Å². The minimum absolute atomic E-state index is 0.377. The maximum atomic E-state index is 5.82. The van der Waals surface area contributed by atoms with Crippen LogP contribution in [0.4, 0.5) is 5.69 Å². The van der Waals surface area contributed by atoms with Gasteiger partial charge >= 0.3 is 0 Å². The Morgan fingerprint density at radius 1 is 0.857 bits per heavy atom. The fourth-order valence-electron chi connectivity index (χ4n) is 5.22. The number of nitrogens with one attached hydrogen (secondary N) is 1. The van der Waals surface area contributed by atoms with E-state index < -0.39 is 0 Å². The van der Waals surface area contributed by atoms with Crippen LogP contribution in [-0.4, -0.2) is 20.3 Å². The van der Waals surface area contributed by atoms with E-state index in [-0.39, 0.29) is 0 Å². The topological polar surface area (TPSA) is 30.5 Å². The number of aryl methyl sites for hydroxylation is 1. The normalized spacial score (nSPS) is 21.4. The summed E-state index contributed by atoms with van der Waals surface area (Å²) in [7, 11) is 1.95. The molecule has 2 aliphatic heterocycles. The van der Waals surface area contributed by atoms with Crippen LogP contribution in [0.2, 0.25) is 0 Å². The van der Waals surface area contributed by atoms with Gasteiger partial charge in [-0.3, -0.25) is 0 Å². The molecular weight excluding hydrogens is 346 g/mol. The molecule has 148 valence electrons. The van der Waals surface area contributed by atoms with Gasteiger partial charge in [-0.15, -0.1) is 0 Å². The number of rotatable bonds is 2. The van der Waals surface area contributed by atoms with E-state index in [2.05, 4.69) is 48.6 Å². The Morgan fingerprint density at radius 2 is 1.61 bits per heavy atom. The number of anilines is 1. The maximum absolute atomic E-state index is 5.82. The number of hydrogen-bond acceptors (Lipinski definition) is 3. The van der Waals surface area contributed by atoms with Gasteiger partial charge in [-0.05, 0) is 50.2 Å². The smallest absolute Gasteiger partial charge is 0.146 e. The van der Waals surface area contributed by atoms with Crippen molar-refractivity contribution in [2.45, 2.75) is 62.7 Å². The fourth-order valence-corrected chi connectivity index (χ4v) is 5.22. The van der Waals surface area contributed by atoms with Crippen molar-refractivity contribution in [3.05, 3.63) is 53.1 Å². The molecule has 2 fully saturated rings. The van der Waals surface area contributed by atoms with Gasteiger partial charge in [-0.25, -0.2) is 0 Å². The van der Waals surface area contributed by atoms with Gasteiger partial charge in [0.25, 0.3) is 0 Å². The highest BCUT2D eigenvalue weighted by atomic mass is 16.5. The molecule has 3 nitrogen and oxygen atoms in total. The molecule has 0 amide bonds. The van der Waals surface area contributed by atoms with Gasteiger partial charge in [0.2, 0.25) is 0 Å². The molecule has 2 aromatic carbocycles. The SMILES string of the molecule is CCc1cccc2c1OCCC21CC1.CNc1cccc2c1OCC21CCC1. The Labute approximate surface area is 168 Å². The minimum atomic E-state index is 0.377. The third kappa shape index (κ3) is 2.70. The first-order valence-electron chi connectivity index (χ1n) is 10.9. The van der Waals surface area contributed by atoms with Crippen LogP contribution in [0.25, 0.3) is 0 Å². The average molecular weight is 378 g/mol. The van der Waals surface area contributed by atoms with Crippen molar-refractivity contribution in [1.82, 2.24) is 0 Å². The molecule has 2 spiro atoms. The lowest BCUT2D eigenvalue weighted by molar-refractivity contribution is 0.178. The summed E-state index contributed by atoms with van der Waals surface area (Å²) in [5.74, 6) is 2.30. The third-order valence-electron chi connectivity index (χ3n) is 7.39. The summed E-state index contributed by atoms with van der Waals surface area (Å²) in [6.45, 7) is 4.01. The van der Waals surface area contributed by atoms with Crippen LogP contribution < -0.4 is 14.8 Å². The Balaban J connectivity index is 0.000000122. The quantitative estimate of drug-likeness (QED) is 0.738. The van der Waals surface area contributed by atoms with Crippen molar-refractivity contribution in [1.29, 1.82) is 0 Å². The second-order valence-corrected chi connectivity index (χ2v) is 8.88. The van der Waals surface area contributed by atoms with Crippen LogP contribution in [0.15, 0.2) is 36.4 Å². The average Bonchev–Trinajstić information content (AvgIpc) is 3.35. The lowest BCUT2D eigenvalue weighted by Crippen LogP contribution is -2.35. The number of benzene rings is 2. The zero-order valence-electron chi connectivity index (χ0n) is 17.1. The Morgan fingerprint density at radius 3 is 2.25 bits per heavy atom. The minimum Gasteiger partial charge on any atom is -0.493 e. The molecule has 28 heavy (non-hydrogen) atoms. The molecule has 2 heterocycles. The van der Waals surface area contributed by atoms with Crippen molar-refractivity contribution < 1.29 is 9.47 Å². The number of para-hydroxylation sites is 2. The number of ether oxygens (including phenoxy) is 2. The second-order valence-electron chi connectivity index (χ2n) is 8.88. The van der Waals surface area contributed by atoms with Gasteiger partial charge in [0.15, 0.2) is 0 Å². The number of fused-ring (bicyclic) bond motifs is 4. The van der Waals surface area contributed by atoms with Crippen molar-refractivity contribution in [2.24, 2.45) is 0 Å². The monoisotopic (exact) mass is 377 g/mol. The van der Waals surface area contributed by atoms with E-state index in [1.54, 1.807) is 0 Å². The van der Waals surface area contributed by atoms with Gasteiger partial charge < -0.3 is 14.8 Å². The van der Waals surface area contributed by atoms with E-state index in [0.717, 1.165) is 31.1 Å². The van der Waals surface area contributed by atoms with Crippen LogP contribution >= 0.6 is 0 Å². The molecule has 3 heteroatoms. The Kier molecular flexibility index (Phi) is 4.30. The molecular formula is C25H31NO2. The van der Waals surface area contributed by atoms with Crippen LogP contribution in [0, 0.1) is 0 Å². The molecule has 4 aliphatic rings. The van der Waals surface area contributed by atoms with Crippen molar-refractivity contribution in [3.8, 4) is 11.5 Å². The predicted molar refractivity (Wildman–Crippen MR) is 114 cm³/mol. The molecule has 6 rings (SSSR count). The van der Waals surface area contributed by atoms with Crippen LogP contribution in [0.1, 0.15) is 62.1 Å². The fraction of sp³-hybridized carbons (Fsp3) is 0.520. The highest BCUT2D eigenvalue weighted by molar-refractivity contribution is 5.64. The molecule has 2 aromatic rings. The zero-order chi connectivity index (χ0) is 19.2. The first kappa shape index (κ1) is 17.9. The summed E-state index contributed by atoms with van der Waals surface area (Å²) in [5, 5.41) is 3.19. The van der Waals surface area contributed by atoms with E-state index in [9.17, 15) is 0 Å². The largest absolute Gasteiger partial charge is 0.493 e. The molecule has 0 radical (unpaired) electrons. The summed E-state index contributed by atoms with van der Waals surface area (Å²) in [5.41, 5.74) is 6.33. The van der Waals surface area contributed by atoms with E-state index in [1.165, 1.54) is 61.0 Å². The molecule has 0 aromatic heterocycles. The van der Waals surface area contributed by atoms with E-state index in [1.807, 2.05) is 7.05 Å². The van der Waals surface area contributed by atoms with E-state index in [0.29, 0.717) is 10.8 Å². The lowest BCUT2D eigenvalue weighted by atomic mass is 9.66. The molecule has 0 unspecified atom stereocenters. The predicted octanol–water partition coefficient (Wildman–Crippen LogP) is 5.61. The van der Waals surface area contributed by atoms with E-state index >= 15 is 0 Å². The summed E-state index contributed by atoms with van der Waals surface area (Å²) < 4.78 is 11.6. The van der Waals surface area contributed by atoms with Gasteiger partial charge in [-0.2, -0.15) is 0 Å². The Hall–Kier alpha value is -2.16. The Bertz CT molecular complexity index is 880. The maximum Gasteiger partial charge on any atom is 0.146 e. The molecule has 2 saturated carbocycles. The molecule has 0 bridgehead atoms. The summed E-state index contributed by atoms with van der Waals surface area (Å²) in [6, 6.07) is 13.1. The standard InChI is InChI=1S/C13H16O.C12H15NO/c1-2-10-4-3-5-11-12(10)14-9-8-13(11)6-7-13;1-13-10-5-2-4-9-11(10)14-8-12(9)6-3-7-12/h3-5H,2,6-9H2,1H3;2,4-5,13H,3,6-8H2,1H3. The summed E-state index contributed by atoms with van der Waals surface area (Å²) in [4.78, 5) is 0. The van der Waals surface area contributed by atoms with Gasteiger partial charge in [-0.1, -0.05) is 43.7 Å². The second kappa shape index (κ2) is 6.72.